The van der Waals surface area contributed by atoms with Crippen LogP contribution in [0.5, 0.6) is 5.75 Å². The van der Waals surface area contributed by atoms with Crippen molar-refractivity contribution < 1.29 is 14.3 Å². The molecule has 2 heterocycles. The Labute approximate surface area is 173 Å². The molecule has 1 aliphatic carbocycles. The van der Waals surface area contributed by atoms with E-state index in [-0.39, 0.29) is 12.0 Å². The van der Waals surface area contributed by atoms with Crippen LogP contribution >= 0.6 is 0 Å². The van der Waals surface area contributed by atoms with Gasteiger partial charge in [0, 0.05) is 52.0 Å². The number of piperidine rings is 1. The van der Waals surface area contributed by atoms with E-state index in [0.717, 1.165) is 57.7 Å². The number of carbonyl (C=O) groups excluding carboxylic acids is 2. The molecule has 29 heavy (non-hydrogen) atoms. The van der Waals surface area contributed by atoms with Crippen molar-refractivity contribution in [2.75, 3.05) is 32.7 Å². The number of ether oxygens (including phenoxy) is 1. The minimum absolute atomic E-state index is 0.101. The van der Waals surface area contributed by atoms with Crippen LogP contribution < -0.4 is 10.1 Å². The number of amides is 2. The third-order valence-electron chi connectivity index (χ3n) is 6.48. The Morgan fingerprint density at radius 1 is 1.03 bits per heavy atom. The van der Waals surface area contributed by atoms with Crippen molar-refractivity contribution in [2.45, 2.75) is 57.6 Å². The van der Waals surface area contributed by atoms with E-state index >= 15 is 0 Å². The highest BCUT2D eigenvalue weighted by Gasteiger charge is 2.26. The van der Waals surface area contributed by atoms with Crippen molar-refractivity contribution >= 4 is 11.8 Å². The first-order valence-corrected chi connectivity index (χ1v) is 11.2. The Bertz CT molecular complexity index is 692. The topological polar surface area (TPSA) is 61.9 Å². The first-order valence-electron chi connectivity index (χ1n) is 11.2. The lowest BCUT2D eigenvalue weighted by molar-refractivity contribution is -0.134. The summed E-state index contributed by atoms with van der Waals surface area (Å²) in [6.07, 6.45) is 7.77. The van der Waals surface area contributed by atoms with E-state index in [2.05, 4.69) is 22.3 Å². The van der Waals surface area contributed by atoms with Crippen molar-refractivity contribution in [3.63, 3.8) is 0 Å². The number of hydrogen-bond acceptors (Lipinski definition) is 4. The second-order valence-corrected chi connectivity index (χ2v) is 8.76. The van der Waals surface area contributed by atoms with Crippen LogP contribution in [0, 0.1) is 5.92 Å². The minimum atomic E-state index is 0.101. The average Bonchev–Trinajstić information content (AvgIpc) is 3.23. The molecule has 0 aromatic heterocycles. The molecule has 0 unspecified atom stereocenters. The lowest BCUT2D eigenvalue weighted by Gasteiger charge is -2.33. The van der Waals surface area contributed by atoms with E-state index in [9.17, 15) is 9.59 Å². The molecule has 0 bridgehead atoms. The van der Waals surface area contributed by atoms with Crippen LogP contribution in [0.1, 0.15) is 50.5 Å². The number of nitrogens with one attached hydrogen (secondary N) is 1. The van der Waals surface area contributed by atoms with Crippen molar-refractivity contribution in [3.05, 3.63) is 29.8 Å². The Balaban J connectivity index is 1.20. The highest BCUT2D eigenvalue weighted by atomic mass is 16.5. The van der Waals surface area contributed by atoms with Gasteiger partial charge in [-0.1, -0.05) is 25.0 Å². The van der Waals surface area contributed by atoms with Crippen LogP contribution in [0.4, 0.5) is 0 Å². The first-order chi connectivity index (χ1) is 14.2. The van der Waals surface area contributed by atoms with Crippen LogP contribution in [0.2, 0.25) is 0 Å². The number of nitrogens with zero attached hydrogens (tertiary/aromatic N) is 2. The number of benzene rings is 1. The molecular weight excluding hydrogens is 366 g/mol. The van der Waals surface area contributed by atoms with E-state index in [1.54, 1.807) is 0 Å². The summed E-state index contributed by atoms with van der Waals surface area (Å²) in [5, 5.41) is 2.85. The fourth-order valence-corrected chi connectivity index (χ4v) is 4.76. The van der Waals surface area contributed by atoms with Gasteiger partial charge in [-0.15, -0.1) is 0 Å². The molecule has 1 aromatic rings. The maximum Gasteiger partial charge on any atom is 0.234 e. The summed E-state index contributed by atoms with van der Waals surface area (Å²) >= 11 is 0. The SMILES string of the molecule is O=C1CN(Cc2ccc(OC3CCN(C(=O)CC4CCCC4)CC3)cc2)CCN1. The van der Waals surface area contributed by atoms with Crippen molar-refractivity contribution in [1.29, 1.82) is 0 Å². The fourth-order valence-electron chi connectivity index (χ4n) is 4.76. The third kappa shape index (κ3) is 5.72. The summed E-state index contributed by atoms with van der Waals surface area (Å²) in [7, 11) is 0. The maximum atomic E-state index is 12.5. The van der Waals surface area contributed by atoms with Gasteiger partial charge in [0.15, 0.2) is 0 Å². The number of rotatable bonds is 6. The number of likely N-dealkylation sites (tertiary alicyclic amines) is 1. The number of piperazine rings is 1. The number of hydrogen-bond donors (Lipinski definition) is 1. The summed E-state index contributed by atoms with van der Waals surface area (Å²) in [5.41, 5.74) is 1.19. The zero-order valence-corrected chi connectivity index (χ0v) is 17.3. The smallest absolute Gasteiger partial charge is 0.234 e. The molecule has 1 aromatic carbocycles. The molecule has 1 saturated carbocycles. The van der Waals surface area contributed by atoms with Gasteiger partial charge in [-0.2, -0.15) is 0 Å². The van der Waals surface area contributed by atoms with Gasteiger partial charge in [-0.3, -0.25) is 14.5 Å². The summed E-state index contributed by atoms with van der Waals surface area (Å²) in [5.74, 6) is 1.95. The maximum absolute atomic E-state index is 12.5. The quantitative estimate of drug-likeness (QED) is 0.799. The molecule has 2 aliphatic heterocycles. The van der Waals surface area contributed by atoms with Gasteiger partial charge in [0.25, 0.3) is 0 Å². The zero-order chi connectivity index (χ0) is 20.1. The van der Waals surface area contributed by atoms with Gasteiger partial charge in [0.05, 0.1) is 6.54 Å². The Kier molecular flexibility index (Phi) is 6.70. The highest BCUT2D eigenvalue weighted by molar-refractivity contribution is 5.78. The van der Waals surface area contributed by atoms with Crippen LogP contribution in [-0.4, -0.2) is 60.4 Å². The molecule has 3 aliphatic rings. The molecular formula is C23H33N3O3. The molecule has 4 rings (SSSR count). The zero-order valence-electron chi connectivity index (χ0n) is 17.3. The largest absolute Gasteiger partial charge is 0.490 e. The number of carbonyl (C=O) groups is 2. The van der Waals surface area contributed by atoms with E-state index in [1.165, 1.54) is 31.2 Å². The van der Waals surface area contributed by atoms with Crippen LogP contribution in [-0.2, 0) is 16.1 Å². The van der Waals surface area contributed by atoms with Crippen LogP contribution in [0.3, 0.4) is 0 Å². The lowest BCUT2D eigenvalue weighted by Crippen LogP contribution is -2.47. The molecule has 6 nitrogen and oxygen atoms in total. The predicted molar refractivity (Wildman–Crippen MR) is 112 cm³/mol. The Morgan fingerprint density at radius 2 is 1.76 bits per heavy atom. The predicted octanol–water partition coefficient (Wildman–Crippen LogP) is 2.57. The van der Waals surface area contributed by atoms with E-state index in [0.29, 0.717) is 18.4 Å². The highest BCUT2D eigenvalue weighted by Crippen LogP contribution is 2.29. The lowest BCUT2D eigenvalue weighted by atomic mass is 10.0. The minimum Gasteiger partial charge on any atom is -0.490 e. The van der Waals surface area contributed by atoms with E-state index in [4.69, 9.17) is 4.74 Å². The van der Waals surface area contributed by atoms with Crippen LogP contribution in [0.25, 0.3) is 0 Å². The van der Waals surface area contributed by atoms with Crippen molar-refractivity contribution in [2.24, 2.45) is 5.92 Å². The molecule has 0 radical (unpaired) electrons. The van der Waals surface area contributed by atoms with E-state index < -0.39 is 0 Å². The standard InChI is InChI=1S/C23H33N3O3/c27-22-17-25(14-11-24-22)16-19-5-7-20(8-6-19)29-21-9-12-26(13-10-21)23(28)15-18-3-1-2-4-18/h5-8,18,21H,1-4,9-17H2,(H,24,27). The van der Waals surface area contributed by atoms with Gasteiger partial charge in [-0.05, 0) is 36.5 Å². The second kappa shape index (κ2) is 9.61. The molecule has 1 N–H and O–H groups in total. The summed E-state index contributed by atoms with van der Waals surface area (Å²) in [6, 6.07) is 8.22. The fraction of sp³-hybridized carbons (Fsp3) is 0.652. The molecule has 2 amide bonds. The first kappa shape index (κ1) is 20.2. The summed E-state index contributed by atoms with van der Waals surface area (Å²) in [6.45, 7) is 4.49. The van der Waals surface area contributed by atoms with Gasteiger partial charge in [-0.25, -0.2) is 0 Å². The second-order valence-electron chi connectivity index (χ2n) is 8.76. The van der Waals surface area contributed by atoms with Crippen molar-refractivity contribution in [3.8, 4) is 5.75 Å². The molecule has 0 spiro atoms. The molecule has 2 saturated heterocycles. The average molecular weight is 400 g/mol. The Hall–Kier alpha value is -2.08. The van der Waals surface area contributed by atoms with Gasteiger partial charge < -0.3 is 15.0 Å². The van der Waals surface area contributed by atoms with Crippen molar-refractivity contribution in [1.82, 2.24) is 15.1 Å². The van der Waals surface area contributed by atoms with E-state index in [1.807, 2.05) is 17.0 Å². The molecule has 6 heteroatoms. The van der Waals surface area contributed by atoms with Gasteiger partial charge in [0.2, 0.25) is 11.8 Å². The van der Waals surface area contributed by atoms with Gasteiger partial charge >= 0.3 is 0 Å². The molecule has 158 valence electrons. The monoisotopic (exact) mass is 399 g/mol. The normalized spacial score (nSPS) is 21.9. The van der Waals surface area contributed by atoms with Crippen LogP contribution in [0.15, 0.2) is 24.3 Å². The van der Waals surface area contributed by atoms with Gasteiger partial charge in [0.1, 0.15) is 11.9 Å². The molecule has 0 atom stereocenters. The molecule has 3 fully saturated rings. The summed E-state index contributed by atoms with van der Waals surface area (Å²) in [4.78, 5) is 28.2. The third-order valence-corrected chi connectivity index (χ3v) is 6.48. The summed E-state index contributed by atoms with van der Waals surface area (Å²) < 4.78 is 6.16. The Morgan fingerprint density at radius 3 is 2.45 bits per heavy atom.